The first-order valence-corrected chi connectivity index (χ1v) is 6.87. The summed E-state index contributed by atoms with van der Waals surface area (Å²) in [6.07, 6.45) is -2.81. The quantitative estimate of drug-likeness (QED) is 0.853. The van der Waals surface area contributed by atoms with E-state index in [0.717, 1.165) is 5.56 Å². The summed E-state index contributed by atoms with van der Waals surface area (Å²) in [4.78, 5) is 11.0. The van der Waals surface area contributed by atoms with Crippen LogP contribution in [0.5, 0.6) is 0 Å². The highest BCUT2D eigenvalue weighted by atomic mass is 19.1. The fourth-order valence-corrected chi connectivity index (χ4v) is 2.03. The fraction of sp³-hybridized carbons (Fsp3) is 0.235. The molecule has 0 fully saturated rings. The molecule has 0 aromatic heterocycles. The van der Waals surface area contributed by atoms with Crippen molar-refractivity contribution in [3.05, 3.63) is 71.3 Å². The molecule has 0 aliphatic heterocycles. The molecule has 2 atom stereocenters. The number of halogens is 2. The third kappa shape index (κ3) is 4.11. The first kappa shape index (κ1) is 16.1. The molecule has 0 radical (unpaired) electrons. The van der Waals surface area contributed by atoms with Crippen LogP contribution in [0, 0.1) is 0 Å². The van der Waals surface area contributed by atoms with Crippen molar-refractivity contribution in [3.8, 4) is 0 Å². The Morgan fingerprint density at radius 1 is 1.09 bits per heavy atom. The molecule has 0 saturated heterocycles. The number of amides is 1. The molecule has 2 rings (SSSR count). The molecular formula is C17H17F2NO2. The van der Waals surface area contributed by atoms with E-state index in [9.17, 15) is 13.6 Å². The van der Waals surface area contributed by atoms with Gasteiger partial charge in [0.25, 0.3) is 0 Å². The van der Waals surface area contributed by atoms with Crippen molar-refractivity contribution in [2.24, 2.45) is 5.73 Å². The van der Waals surface area contributed by atoms with Gasteiger partial charge in [-0.3, -0.25) is 4.79 Å². The van der Waals surface area contributed by atoms with Crippen LogP contribution in [0.2, 0.25) is 0 Å². The minimum absolute atomic E-state index is 0.134. The highest BCUT2D eigenvalue weighted by Crippen LogP contribution is 2.25. The molecule has 2 aromatic rings. The van der Waals surface area contributed by atoms with E-state index in [4.69, 9.17) is 10.5 Å². The van der Waals surface area contributed by atoms with E-state index in [1.54, 1.807) is 0 Å². The van der Waals surface area contributed by atoms with Gasteiger partial charge in [0.15, 0.2) is 6.17 Å². The van der Waals surface area contributed by atoms with E-state index in [2.05, 4.69) is 0 Å². The lowest BCUT2D eigenvalue weighted by Gasteiger charge is -2.19. The molecule has 5 heteroatoms. The van der Waals surface area contributed by atoms with Gasteiger partial charge in [0.05, 0.1) is 6.61 Å². The number of carbonyl (C=O) groups is 1. The Morgan fingerprint density at radius 2 is 1.73 bits per heavy atom. The van der Waals surface area contributed by atoms with Crippen molar-refractivity contribution in [3.63, 3.8) is 0 Å². The average molecular weight is 305 g/mol. The molecule has 116 valence electrons. The van der Waals surface area contributed by atoms with Crippen LogP contribution in [0.25, 0.3) is 0 Å². The zero-order valence-corrected chi connectivity index (χ0v) is 11.9. The first-order valence-electron chi connectivity index (χ1n) is 6.87. The van der Waals surface area contributed by atoms with Crippen LogP contribution in [0.15, 0.2) is 54.6 Å². The number of ether oxygens (including phenoxy) is 1. The fourth-order valence-electron chi connectivity index (χ4n) is 2.03. The van der Waals surface area contributed by atoms with Crippen LogP contribution in [-0.4, -0.2) is 18.7 Å². The van der Waals surface area contributed by atoms with Gasteiger partial charge in [0.2, 0.25) is 5.91 Å². The van der Waals surface area contributed by atoms with Gasteiger partial charge in [-0.05, 0) is 23.3 Å². The summed E-state index contributed by atoms with van der Waals surface area (Å²) in [6, 6.07) is 14.8. The minimum Gasteiger partial charge on any atom is -0.367 e. The van der Waals surface area contributed by atoms with Gasteiger partial charge in [-0.1, -0.05) is 42.5 Å². The van der Waals surface area contributed by atoms with Gasteiger partial charge in [-0.25, -0.2) is 8.78 Å². The molecule has 0 spiro atoms. The van der Waals surface area contributed by atoms with E-state index in [1.165, 1.54) is 24.3 Å². The van der Waals surface area contributed by atoms with Crippen LogP contribution in [0.1, 0.15) is 27.7 Å². The largest absolute Gasteiger partial charge is 0.367 e. The standard InChI is InChI=1S/C17H17F2NO2/c18-10-15(22-11-12-4-2-1-3-5-12)16(19)13-6-8-14(9-7-13)17(20)21/h1-9,15-16H,10-11H2,(H2,20,21)/t15-,16-/m0/s1. The molecule has 0 bridgehead atoms. The van der Waals surface area contributed by atoms with E-state index in [-0.39, 0.29) is 17.7 Å². The predicted octanol–water partition coefficient (Wildman–Crippen LogP) is 3.35. The highest BCUT2D eigenvalue weighted by Gasteiger charge is 2.24. The highest BCUT2D eigenvalue weighted by molar-refractivity contribution is 5.92. The lowest BCUT2D eigenvalue weighted by atomic mass is 10.0. The summed E-state index contributed by atoms with van der Waals surface area (Å²) in [5.41, 5.74) is 6.49. The zero-order chi connectivity index (χ0) is 15.9. The van der Waals surface area contributed by atoms with Gasteiger partial charge in [-0.2, -0.15) is 0 Å². The Balaban J connectivity index is 2.01. The number of primary amides is 1. The summed E-state index contributed by atoms with van der Waals surface area (Å²) < 4.78 is 32.7. The molecule has 0 unspecified atom stereocenters. The second-order valence-electron chi connectivity index (χ2n) is 4.88. The van der Waals surface area contributed by atoms with E-state index >= 15 is 0 Å². The number of rotatable bonds is 7. The van der Waals surface area contributed by atoms with Crippen LogP contribution in [0.4, 0.5) is 8.78 Å². The molecule has 1 amide bonds. The lowest BCUT2D eigenvalue weighted by molar-refractivity contribution is -0.0268. The van der Waals surface area contributed by atoms with Crippen molar-refractivity contribution in [1.29, 1.82) is 0 Å². The van der Waals surface area contributed by atoms with Gasteiger partial charge >= 0.3 is 0 Å². The molecule has 3 nitrogen and oxygen atoms in total. The third-order valence-electron chi connectivity index (χ3n) is 3.30. The maximum atomic E-state index is 14.4. The van der Waals surface area contributed by atoms with E-state index in [0.29, 0.717) is 0 Å². The lowest BCUT2D eigenvalue weighted by Crippen LogP contribution is -2.22. The van der Waals surface area contributed by atoms with Crippen molar-refractivity contribution in [2.45, 2.75) is 18.9 Å². The number of carbonyl (C=O) groups excluding carboxylic acids is 1. The Hall–Kier alpha value is -2.27. The summed E-state index contributed by atoms with van der Waals surface area (Å²) in [6.45, 7) is -0.805. The summed E-state index contributed by atoms with van der Waals surface area (Å²) in [7, 11) is 0. The predicted molar refractivity (Wildman–Crippen MR) is 79.8 cm³/mol. The molecule has 0 aliphatic carbocycles. The minimum atomic E-state index is -1.62. The summed E-state index contributed by atoms with van der Waals surface area (Å²) in [5, 5.41) is 0. The SMILES string of the molecule is NC(=O)c1ccc([C@H](F)[C@H](CF)OCc2ccccc2)cc1. The monoisotopic (exact) mass is 305 g/mol. The molecule has 2 N–H and O–H groups in total. The molecule has 0 heterocycles. The zero-order valence-electron chi connectivity index (χ0n) is 11.9. The first-order chi connectivity index (χ1) is 10.6. The Kier molecular flexibility index (Phi) is 5.61. The molecule has 0 saturated carbocycles. The molecular weight excluding hydrogens is 288 g/mol. The summed E-state index contributed by atoms with van der Waals surface area (Å²) >= 11 is 0. The number of nitrogens with two attached hydrogens (primary N) is 1. The van der Waals surface area contributed by atoms with Crippen LogP contribution >= 0.6 is 0 Å². The van der Waals surface area contributed by atoms with Crippen LogP contribution in [0.3, 0.4) is 0 Å². The van der Waals surface area contributed by atoms with Crippen molar-refractivity contribution in [2.75, 3.05) is 6.67 Å². The molecule has 0 aliphatic rings. The number of hydrogen-bond acceptors (Lipinski definition) is 2. The Labute approximate surface area is 127 Å². The van der Waals surface area contributed by atoms with Crippen molar-refractivity contribution < 1.29 is 18.3 Å². The molecule has 22 heavy (non-hydrogen) atoms. The topological polar surface area (TPSA) is 52.3 Å². The smallest absolute Gasteiger partial charge is 0.248 e. The normalized spacial score (nSPS) is 13.5. The maximum Gasteiger partial charge on any atom is 0.248 e. The van der Waals surface area contributed by atoms with E-state index in [1.807, 2.05) is 30.3 Å². The van der Waals surface area contributed by atoms with Gasteiger partial charge in [0, 0.05) is 5.56 Å². The maximum absolute atomic E-state index is 14.4. The van der Waals surface area contributed by atoms with Gasteiger partial charge in [-0.15, -0.1) is 0 Å². The second-order valence-corrected chi connectivity index (χ2v) is 4.88. The average Bonchev–Trinajstić information content (AvgIpc) is 2.56. The summed E-state index contributed by atoms with van der Waals surface area (Å²) in [5.74, 6) is -0.593. The number of hydrogen-bond donors (Lipinski definition) is 1. The molecule has 2 aromatic carbocycles. The van der Waals surface area contributed by atoms with Crippen molar-refractivity contribution in [1.82, 2.24) is 0 Å². The Morgan fingerprint density at radius 3 is 2.27 bits per heavy atom. The second kappa shape index (κ2) is 7.66. The number of alkyl halides is 2. The van der Waals surface area contributed by atoms with Gasteiger partial charge in [0.1, 0.15) is 12.8 Å². The van der Waals surface area contributed by atoms with E-state index < -0.39 is 24.9 Å². The van der Waals surface area contributed by atoms with Crippen LogP contribution < -0.4 is 5.73 Å². The Bertz CT molecular complexity index is 602. The third-order valence-corrected chi connectivity index (χ3v) is 3.30. The van der Waals surface area contributed by atoms with Gasteiger partial charge < -0.3 is 10.5 Å². The van der Waals surface area contributed by atoms with Crippen LogP contribution in [-0.2, 0) is 11.3 Å². The number of benzene rings is 2. The van der Waals surface area contributed by atoms with Crippen molar-refractivity contribution >= 4 is 5.91 Å².